The SMILES string of the molecule is COC(=O)c1ccc(C(=O)Nc2ccc3c(c2)C(C)(C)CCC3(C)C)c(O)c1. The number of fused-ring (bicyclic) bond motifs is 1. The van der Waals surface area contributed by atoms with E-state index in [0.717, 1.165) is 12.8 Å². The molecule has 1 aliphatic rings. The number of phenolic OH excluding ortho intramolecular Hbond substituents is 1. The number of rotatable bonds is 3. The summed E-state index contributed by atoms with van der Waals surface area (Å²) < 4.78 is 4.63. The second kappa shape index (κ2) is 6.97. The Kier molecular flexibility index (Phi) is 4.96. The minimum Gasteiger partial charge on any atom is -0.507 e. The zero-order valence-electron chi connectivity index (χ0n) is 17.1. The number of phenols is 1. The molecule has 1 amide bonds. The van der Waals surface area contributed by atoms with Crippen molar-refractivity contribution in [2.24, 2.45) is 0 Å². The molecule has 148 valence electrons. The van der Waals surface area contributed by atoms with E-state index in [-0.39, 0.29) is 27.7 Å². The number of aromatic hydroxyl groups is 1. The van der Waals surface area contributed by atoms with Crippen molar-refractivity contribution in [2.75, 3.05) is 12.4 Å². The highest BCUT2D eigenvalue weighted by Gasteiger charge is 2.37. The fourth-order valence-electron chi connectivity index (χ4n) is 3.83. The second-order valence-electron chi connectivity index (χ2n) is 8.71. The number of hydrogen-bond donors (Lipinski definition) is 2. The molecule has 2 aromatic carbocycles. The molecule has 0 unspecified atom stereocenters. The summed E-state index contributed by atoms with van der Waals surface area (Å²) in [5.41, 5.74) is 3.68. The van der Waals surface area contributed by atoms with Gasteiger partial charge in [-0.1, -0.05) is 33.8 Å². The average molecular weight is 381 g/mol. The number of carbonyl (C=O) groups is 2. The zero-order valence-corrected chi connectivity index (χ0v) is 17.1. The quantitative estimate of drug-likeness (QED) is 0.750. The highest BCUT2D eigenvalue weighted by molar-refractivity contribution is 6.07. The first-order valence-electron chi connectivity index (χ1n) is 9.43. The van der Waals surface area contributed by atoms with Crippen molar-refractivity contribution in [3.63, 3.8) is 0 Å². The van der Waals surface area contributed by atoms with E-state index < -0.39 is 11.9 Å². The van der Waals surface area contributed by atoms with Crippen LogP contribution >= 0.6 is 0 Å². The molecule has 0 aromatic heterocycles. The van der Waals surface area contributed by atoms with Crippen LogP contribution in [0.4, 0.5) is 5.69 Å². The van der Waals surface area contributed by atoms with E-state index in [0.29, 0.717) is 5.69 Å². The molecule has 2 N–H and O–H groups in total. The Hall–Kier alpha value is -2.82. The maximum Gasteiger partial charge on any atom is 0.337 e. The minimum absolute atomic E-state index is 0.0376. The van der Waals surface area contributed by atoms with Gasteiger partial charge in [-0.15, -0.1) is 0 Å². The van der Waals surface area contributed by atoms with Crippen LogP contribution in [0.1, 0.15) is 72.4 Å². The normalized spacial score (nSPS) is 16.8. The molecule has 1 aliphatic carbocycles. The zero-order chi connectivity index (χ0) is 20.7. The third-order valence-corrected chi connectivity index (χ3v) is 5.77. The number of benzene rings is 2. The van der Waals surface area contributed by atoms with Crippen molar-refractivity contribution in [1.29, 1.82) is 0 Å². The lowest BCUT2D eigenvalue weighted by molar-refractivity contribution is 0.0600. The van der Waals surface area contributed by atoms with Gasteiger partial charge < -0.3 is 15.2 Å². The van der Waals surface area contributed by atoms with E-state index in [1.807, 2.05) is 12.1 Å². The predicted octanol–water partition coefficient (Wildman–Crippen LogP) is 4.78. The second-order valence-corrected chi connectivity index (χ2v) is 8.71. The molecule has 0 spiro atoms. The number of methoxy groups -OCH3 is 1. The fraction of sp³-hybridized carbons (Fsp3) is 0.391. The van der Waals surface area contributed by atoms with Crippen molar-refractivity contribution in [2.45, 2.75) is 51.4 Å². The summed E-state index contributed by atoms with van der Waals surface area (Å²) in [5, 5.41) is 13.0. The molecule has 3 rings (SSSR count). The van der Waals surface area contributed by atoms with E-state index in [4.69, 9.17) is 0 Å². The summed E-state index contributed by atoms with van der Waals surface area (Å²) in [5.74, 6) is -1.26. The largest absolute Gasteiger partial charge is 0.507 e. The Morgan fingerprint density at radius 1 is 0.964 bits per heavy atom. The van der Waals surface area contributed by atoms with Crippen LogP contribution in [-0.2, 0) is 15.6 Å². The fourth-order valence-corrected chi connectivity index (χ4v) is 3.83. The standard InChI is InChI=1S/C23H27NO4/c1-22(2)10-11-23(3,4)18-13-15(7-9-17(18)22)24-20(26)16-8-6-14(12-19(16)25)21(27)28-5/h6-9,12-13,25H,10-11H2,1-5H3,(H,24,26). The van der Waals surface area contributed by atoms with Gasteiger partial charge in [0, 0.05) is 5.69 Å². The lowest BCUT2D eigenvalue weighted by Gasteiger charge is -2.42. The van der Waals surface area contributed by atoms with Crippen molar-refractivity contribution in [3.8, 4) is 5.75 Å². The van der Waals surface area contributed by atoms with Gasteiger partial charge in [0.2, 0.25) is 0 Å². The van der Waals surface area contributed by atoms with Gasteiger partial charge in [0.1, 0.15) is 5.75 Å². The van der Waals surface area contributed by atoms with Crippen LogP contribution in [0.2, 0.25) is 0 Å². The number of ether oxygens (including phenoxy) is 1. The van der Waals surface area contributed by atoms with Crippen LogP contribution in [0.5, 0.6) is 5.75 Å². The first-order valence-corrected chi connectivity index (χ1v) is 9.43. The molecule has 0 heterocycles. The monoisotopic (exact) mass is 381 g/mol. The summed E-state index contributed by atoms with van der Waals surface area (Å²) in [6, 6.07) is 10.1. The summed E-state index contributed by atoms with van der Waals surface area (Å²) in [6.07, 6.45) is 2.21. The first kappa shape index (κ1) is 19.9. The topological polar surface area (TPSA) is 75.6 Å². The van der Waals surface area contributed by atoms with Gasteiger partial charge in [-0.2, -0.15) is 0 Å². The van der Waals surface area contributed by atoms with Gasteiger partial charge in [-0.3, -0.25) is 4.79 Å². The van der Waals surface area contributed by atoms with E-state index >= 15 is 0 Å². The van der Waals surface area contributed by atoms with Gasteiger partial charge >= 0.3 is 5.97 Å². The molecule has 0 radical (unpaired) electrons. The Morgan fingerprint density at radius 2 is 1.61 bits per heavy atom. The lowest BCUT2D eigenvalue weighted by atomic mass is 9.63. The smallest absolute Gasteiger partial charge is 0.337 e. The number of hydrogen-bond acceptors (Lipinski definition) is 4. The predicted molar refractivity (Wildman–Crippen MR) is 109 cm³/mol. The summed E-state index contributed by atoms with van der Waals surface area (Å²) >= 11 is 0. The van der Waals surface area contributed by atoms with E-state index in [2.05, 4.69) is 43.8 Å². The third-order valence-electron chi connectivity index (χ3n) is 5.77. The molecule has 5 nitrogen and oxygen atoms in total. The number of carbonyl (C=O) groups excluding carboxylic acids is 2. The lowest BCUT2D eigenvalue weighted by Crippen LogP contribution is -2.33. The van der Waals surface area contributed by atoms with Crippen LogP contribution in [-0.4, -0.2) is 24.1 Å². The molecule has 0 atom stereocenters. The van der Waals surface area contributed by atoms with Crippen LogP contribution in [0.25, 0.3) is 0 Å². The summed E-state index contributed by atoms with van der Waals surface area (Å²) in [6.45, 7) is 8.95. The molecule has 0 bridgehead atoms. The summed E-state index contributed by atoms with van der Waals surface area (Å²) in [7, 11) is 1.26. The highest BCUT2D eigenvalue weighted by Crippen LogP contribution is 2.46. The number of anilines is 1. The average Bonchev–Trinajstić information content (AvgIpc) is 2.64. The van der Waals surface area contributed by atoms with Gasteiger partial charge in [0.05, 0.1) is 18.2 Å². The van der Waals surface area contributed by atoms with Gasteiger partial charge in [-0.05, 0) is 65.1 Å². The highest BCUT2D eigenvalue weighted by atomic mass is 16.5. The van der Waals surface area contributed by atoms with Crippen LogP contribution in [0.15, 0.2) is 36.4 Å². The third kappa shape index (κ3) is 3.61. The Balaban J connectivity index is 1.89. The number of esters is 1. The first-order chi connectivity index (χ1) is 13.0. The van der Waals surface area contributed by atoms with Crippen LogP contribution in [0.3, 0.4) is 0 Å². The van der Waals surface area contributed by atoms with Gasteiger partial charge in [0.15, 0.2) is 0 Å². The van der Waals surface area contributed by atoms with Gasteiger partial charge in [-0.25, -0.2) is 4.79 Å². The molecule has 2 aromatic rings. The Bertz CT molecular complexity index is 944. The van der Waals surface area contributed by atoms with Crippen molar-refractivity contribution < 1.29 is 19.4 Å². The van der Waals surface area contributed by atoms with Crippen molar-refractivity contribution in [3.05, 3.63) is 58.7 Å². The minimum atomic E-state index is -0.568. The van der Waals surface area contributed by atoms with E-state index in [9.17, 15) is 14.7 Å². The molecule has 28 heavy (non-hydrogen) atoms. The maximum absolute atomic E-state index is 12.7. The molecule has 0 saturated carbocycles. The summed E-state index contributed by atoms with van der Waals surface area (Å²) in [4.78, 5) is 24.2. The van der Waals surface area contributed by atoms with Crippen molar-refractivity contribution in [1.82, 2.24) is 0 Å². The van der Waals surface area contributed by atoms with Crippen molar-refractivity contribution >= 4 is 17.6 Å². The molecule has 0 aliphatic heterocycles. The molecular weight excluding hydrogens is 354 g/mol. The maximum atomic E-state index is 12.7. The molecular formula is C23H27NO4. The van der Waals surface area contributed by atoms with Crippen LogP contribution in [0, 0.1) is 0 Å². The Morgan fingerprint density at radius 3 is 2.21 bits per heavy atom. The van der Waals surface area contributed by atoms with E-state index in [1.54, 1.807) is 0 Å². The van der Waals surface area contributed by atoms with Crippen LogP contribution < -0.4 is 5.32 Å². The van der Waals surface area contributed by atoms with E-state index in [1.165, 1.54) is 36.4 Å². The molecule has 5 heteroatoms. The molecule has 0 fully saturated rings. The number of nitrogens with one attached hydrogen (secondary N) is 1. The molecule has 0 saturated heterocycles. The number of amides is 1. The van der Waals surface area contributed by atoms with Gasteiger partial charge in [0.25, 0.3) is 5.91 Å². The Labute approximate surface area is 165 Å².